The van der Waals surface area contributed by atoms with Crippen LogP contribution in [0.25, 0.3) is 28.2 Å². The fourth-order valence-electron chi connectivity index (χ4n) is 3.55. The highest BCUT2D eigenvalue weighted by molar-refractivity contribution is 5.85. The van der Waals surface area contributed by atoms with E-state index in [9.17, 15) is 9.90 Å². The molecule has 150 valence electrons. The van der Waals surface area contributed by atoms with Gasteiger partial charge in [0.25, 0.3) is 5.56 Å². The van der Waals surface area contributed by atoms with Gasteiger partial charge in [-0.05, 0) is 55.3 Å². The number of hydrogen-bond donors (Lipinski definition) is 1. The Hall–Kier alpha value is -3.86. The molecule has 5 nitrogen and oxygen atoms in total. The molecule has 0 unspecified atom stereocenters. The topological polar surface area (TPSA) is 64.3 Å². The van der Waals surface area contributed by atoms with Gasteiger partial charge < -0.3 is 9.84 Å². The van der Waals surface area contributed by atoms with E-state index >= 15 is 0 Å². The molecule has 0 bridgehead atoms. The lowest BCUT2D eigenvalue weighted by Gasteiger charge is -2.16. The van der Waals surface area contributed by atoms with Crippen molar-refractivity contribution in [2.45, 2.75) is 13.8 Å². The second-order valence-corrected chi connectivity index (χ2v) is 7.11. The minimum absolute atomic E-state index is 0.0462. The molecule has 4 rings (SSSR count). The van der Waals surface area contributed by atoms with Crippen LogP contribution in [0.1, 0.15) is 23.9 Å². The van der Waals surface area contributed by atoms with E-state index in [2.05, 4.69) is 0 Å². The highest BCUT2D eigenvalue weighted by atomic mass is 16.5. The third-order valence-electron chi connectivity index (χ3n) is 5.11. The van der Waals surface area contributed by atoms with Gasteiger partial charge in [0.1, 0.15) is 5.82 Å². The maximum absolute atomic E-state index is 13.5. The van der Waals surface area contributed by atoms with Crippen molar-refractivity contribution in [3.8, 4) is 17.2 Å². The molecule has 0 saturated carbocycles. The number of phenols is 1. The largest absolute Gasteiger partial charge is 0.504 e. The van der Waals surface area contributed by atoms with Crippen molar-refractivity contribution in [2.75, 3.05) is 7.11 Å². The number of ether oxygens (including phenoxy) is 1. The second kappa shape index (κ2) is 7.87. The summed E-state index contributed by atoms with van der Waals surface area (Å²) in [6.07, 6.45) is 1.81. The Bertz CT molecular complexity index is 1340. The van der Waals surface area contributed by atoms with Gasteiger partial charge in [0.2, 0.25) is 0 Å². The summed E-state index contributed by atoms with van der Waals surface area (Å²) >= 11 is 0. The first-order valence-electron chi connectivity index (χ1n) is 9.63. The number of allylic oxidation sites excluding steroid dienone is 1. The zero-order valence-corrected chi connectivity index (χ0v) is 17.1. The van der Waals surface area contributed by atoms with Crippen molar-refractivity contribution in [3.05, 3.63) is 94.0 Å². The van der Waals surface area contributed by atoms with Crippen LogP contribution in [0.3, 0.4) is 0 Å². The van der Waals surface area contributed by atoms with Crippen LogP contribution in [0.4, 0.5) is 0 Å². The lowest BCUT2D eigenvalue weighted by Crippen LogP contribution is -2.24. The summed E-state index contributed by atoms with van der Waals surface area (Å²) < 4.78 is 6.85. The lowest BCUT2D eigenvalue weighted by molar-refractivity contribution is 0.373. The van der Waals surface area contributed by atoms with Crippen LogP contribution in [0.2, 0.25) is 0 Å². The first-order chi connectivity index (χ1) is 14.5. The molecule has 5 heteroatoms. The van der Waals surface area contributed by atoms with E-state index in [1.807, 2.05) is 62.4 Å². The Balaban J connectivity index is 2.02. The summed E-state index contributed by atoms with van der Waals surface area (Å²) in [6, 6.07) is 20.3. The minimum Gasteiger partial charge on any atom is -0.504 e. The van der Waals surface area contributed by atoms with Crippen LogP contribution in [0.15, 0.2) is 71.5 Å². The van der Waals surface area contributed by atoms with E-state index in [0.717, 1.165) is 16.8 Å². The molecule has 0 aliphatic carbocycles. The zero-order chi connectivity index (χ0) is 21.3. The summed E-state index contributed by atoms with van der Waals surface area (Å²) in [5.74, 6) is 0.958. The smallest absolute Gasteiger partial charge is 0.266 e. The summed E-state index contributed by atoms with van der Waals surface area (Å²) in [6.45, 7) is 3.85. The molecule has 4 aromatic rings. The third-order valence-corrected chi connectivity index (χ3v) is 5.11. The predicted molar refractivity (Wildman–Crippen MR) is 120 cm³/mol. The van der Waals surface area contributed by atoms with Gasteiger partial charge in [-0.3, -0.25) is 9.36 Å². The van der Waals surface area contributed by atoms with Gasteiger partial charge >= 0.3 is 0 Å². The fraction of sp³-hybridized carbons (Fsp3) is 0.120. The van der Waals surface area contributed by atoms with Crippen LogP contribution < -0.4 is 10.3 Å². The standard InChI is InChI=1S/C25H22N2O3/c1-16-9-4-7-13-21(16)27-24(26-20-12-6-5-11-19(20)25(27)29)17(2)15-18-10-8-14-22(30-3)23(18)28/h4-15,28H,1-3H3. The monoisotopic (exact) mass is 398 g/mol. The van der Waals surface area contributed by atoms with Crippen molar-refractivity contribution in [1.29, 1.82) is 0 Å². The molecule has 0 radical (unpaired) electrons. The Morgan fingerprint density at radius 1 is 1.03 bits per heavy atom. The van der Waals surface area contributed by atoms with Crippen molar-refractivity contribution >= 4 is 22.6 Å². The summed E-state index contributed by atoms with van der Waals surface area (Å²) in [4.78, 5) is 18.3. The Labute approximate surface area is 174 Å². The van der Waals surface area contributed by atoms with Gasteiger partial charge in [-0.25, -0.2) is 4.98 Å². The fourth-order valence-corrected chi connectivity index (χ4v) is 3.55. The Kier molecular flexibility index (Phi) is 5.11. The van der Waals surface area contributed by atoms with Gasteiger partial charge in [0, 0.05) is 5.56 Å². The predicted octanol–water partition coefficient (Wildman–Crippen LogP) is 4.97. The molecule has 0 saturated heterocycles. The Morgan fingerprint density at radius 3 is 2.53 bits per heavy atom. The number of aromatic hydroxyl groups is 1. The van der Waals surface area contributed by atoms with Crippen LogP contribution in [0.5, 0.6) is 11.5 Å². The van der Waals surface area contributed by atoms with Gasteiger partial charge in [0.05, 0.1) is 23.7 Å². The van der Waals surface area contributed by atoms with Gasteiger partial charge in [-0.1, -0.05) is 42.5 Å². The molecular formula is C25H22N2O3. The molecule has 0 amide bonds. The molecule has 1 N–H and O–H groups in total. The Morgan fingerprint density at radius 2 is 1.77 bits per heavy atom. The first-order valence-corrected chi connectivity index (χ1v) is 9.63. The summed E-state index contributed by atoms with van der Waals surface area (Å²) in [5.41, 5.74) is 3.57. The van der Waals surface area contributed by atoms with E-state index in [0.29, 0.717) is 28.0 Å². The van der Waals surface area contributed by atoms with E-state index in [4.69, 9.17) is 9.72 Å². The van der Waals surface area contributed by atoms with Crippen molar-refractivity contribution < 1.29 is 9.84 Å². The third kappa shape index (κ3) is 3.35. The number of benzene rings is 3. The van der Waals surface area contributed by atoms with Gasteiger partial charge in [0.15, 0.2) is 11.5 Å². The molecule has 3 aromatic carbocycles. The highest BCUT2D eigenvalue weighted by Gasteiger charge is 2.16. The highest BCUT2D eigenvalue weighted by Crippen LogP contribution is 2.32. The van der Waals surface area contributed by atoms with Crippen LogP contribution in [0, 0.1) is 6.92 Å². The average Bonchev–Trinajstić information content (AvgIpc) is 2.76. The second-order valence-electron chi connectivity index (χ2n) is 7.11. The molecule has 1 heterocycles. The van der Waals surface area contributed by atoms with Crippen molar-refractivity contribution in [2.24, 2.45) is 0 Å². The molecule has 1 aromatic heterocycles. The SMILES string of the molecule is COc1cccc(C=C(C)c2nc3ccccc3c(=O)n2-c2ccccc2C)c1O. The van der Waals surface area contributed by atoms with Crippen molar-refractivity contribution in [3.63, 3.8) is 0 Å². The number of methoxy groups -OCH3 is 1. The molecule has 0 atom stereocenters. The van der Waals surface area contributed by atoms with Gasteiger partial charge in [-0.15, -0.1) is 0 Å². The van der Waals surface area contributed by atoms with E-state index in [1.54, 1.807) is 28.8 Å². The number of aryl methyl sites for hydroxylation is 1. The van der Waals surface area contributed by atoms with E-state index < -0.39 is 0 Å². The number of para-hydroxylation sites is 3. The van der Waals surface area contributed by atoms with Crippen LogP contribution >= 0.6 is 0 Å². The number of nitrogens with zero attached hydrogens (tertiary/aromatic N) is 2. The van der Waals surface area contributed by atoms with Crippen molar-refractivity contribution in [1.82, 2.24) is 9.55 Å². The maximum atomic E-state index is 13.5. The lowest BCUT2D eigenvalue weighted by atomic mass is 10.1. The maximum Gasteiger partial charge on any atom is 0.266 e. The zero-order valence-electron chi connectivity index (χ0n) is 17.1. The van der Waals surface area contributed by atoms with E-state index in [1.165, 1.54) is 7.11 Å². The van der Waals surface area contributed by atoms with E-state index in [-0.39, 0.29) is 11.3 Å². The quantitative estimate of drug-likeness (QED) is 0.527. The molecule has 0 spiro atoms. The van der Waals surface area contributed by atoms with Gasteiger partial charge in [-0.2, -0.15) is 0 Å². The molecule has 0 aliphatic rings. The molecular weight excluding hydrogens is 376 g/mol. The summed E-state index contributed by atoms with van der Waals surface area (Å²) in [7, 11) is 1.51. The molecule has 0 aliphatic heterocycles. The first kappa shape index (κ1) is 19.5. The number of aromatic nitrogens is 2. The normalized spacial score (nSPS) is 11.6. The average molecular weight is 398 g/mol. The number of hydrogen-bond acceptors (Lipinski definition) is 4. The number of fused-ring (bicyclic) bond motifs is 1. The number of rotatable bonds is 4. The molecule has 0 fully saturated rings. The molecule has 30 heavy (non-hydrogen) atoms. The number of phenolic OH excluding ortho intramolecular Hbond substituents is 1. The summed E-state index contributed by atoms with van der Waals surface area (Å²) in [5, 5.41) is 11.0. The minimum atomic E-state index is -0.132. The van der Waals surface area contributed by atoms with Crippen LogP contribution in [-0.2, 0) is 0 Å². The van der Waals surface area contributed by atoms with Crippen LogP contribution in [-0.4, -0.2) is 21.8 Å².